The number of carbonyl (C=O) groups excluding carboxylic acids is 1. The Balaban J connectivity index is 1.20. The van der Waals surface area contributed by atoms with Crippen molar-refractivity contribution in [2.24, 2.45) is 0 Å². The molecule has 0 aliphatic carbocycles. The van der Waals surface area contributed by atoms with E-state index in [9.17, 15) is 4.79 Å². The molecule has 0 spiro atoms. The molecule has 7 heteroatoms. The first-order valence-electron chi connectivity index (χ1n) is 10.8. The molecule has 0 radical (unpaired) electrons. The second-order valence-electron chi connectivity index (χ2n) is 7.90. The van der Waals surface area contributed by atoms with E-state index in [1.807, 2.05) is 66.7 Å². The van der Waals surface area contributed by atoms with Crippen molar-refractivity contribution >= 4 is 30.2 Å². The molecule has 0 atom stereocenters. The van der Waals surface area contributed by atoms with Crippen molar-refractivity contribution in [1.82, 2.24) is 10.2 Å². The summed E-state index contributed by atoms with van der Waals surface area (Å²) in [6, 6.07) is 27.2. The van der Waals surface area contributed by atoms with Crippen LogP contribution in [0.1, 0.15) is 16.1 Å². The van der Waals surface area contributed by atoms with Gasteiger partial charge in [0.25, 0.3) is 5.91 Å². The maximum absolute atomic E-state index is 12.9. The summed E-state index contributed by atoms with van der Waals surface area (Å²) in [6.07, 6.45) is 2.11. The van der Waals surface area contributed by atoms with Gasteiger partial charge in [0.2, 0.25) is 0 Å². The van der Waals surface area contributed by atoms with E-state index in [-0.39, 0.29) is 12.8 Å². The lowest BCUT2D eigenvalue weighted by Crippen LogP contribution is -2.32. The zero-order valence-corrected chi connectivity index (χ0v) is 18.2. The molecule has 0 fully saturated rings. The summed E-state index contributed by atoms with van der Waals surface area (Å²) in [5, 5.41) is 10.6. The number of aromatic nitrogens is 2. The third kappa shape index (κ3) is 4.53. The molecule has 0 bridgehead atoms. The molecular formula is C26H23BN4O2. The fourth-order valence-corrected chi connectivity index (χ4v) is 3.78. The van der Waals surface area contributed by atoms with E-state index < -0.39 is 0 Å². The average molecular weight is 434 g/mol. The number of benzene rings is 3. The second kappa shape index (κ2) is 9.08. The van der Waals surface area contributed by atoms with Crippen LogP contribution in [0.25, 0.3) is 17.3 Å². The number of nitrogens with one attached hydrogen (secondary N) is 2. The summed E-state index contributed by atoms with van der Waals surface area (Å²) in [6.45, 7) is 0.609. The minimum Gasteiger partial charge on any atom is -0.499 e. The highest BCUT2D eigenvalue weighted by Crippen LogP contribution is 2.24. The van der Waals surface area contributed by atoms with E-state index in [0.717, 1.165) is 28.4 Å². The summed E-state index contributed by atoms with van der Waals surface area (Å²) in [5.74, 6) is 2.70. The van der Waals surface area contributed by atoms with Crippen LogP contribution in [0.3, 0.4) is 0 Å². The fourth-order valence-electron chi connectivity index (χ4n) is 3.78. The maximum Gasteiger partial charge on any atom is 0.319 e. The molecule has 3 aromatic carbocycles. The smallest absolute Gasteiger partial charge is 0.319 e. The van der Waals surface area contributed by atoms with Crippen LogP contribution < -0.4 is 14.9 Å². The van der Waals surface area contributed by atoms with Gasteiger partial charge in [0, 0.05) is 24.0 Å². The summed E-state index contributed by atoms with van der Waals surface area (Å²) in [5.41, 5.74) is 5.20. The van der Waals surface area contributed by atoms with Crippen LogP contribution in [-0.4, -0.2) is 36.5 Å². The Hall–Kier alpha value is -4.26. The SMILES string of the molecule is CN(C(=O)c1cc(-c2ccccc2)n[nH]1)c1ccc(OCB2C=Cc3ccccc3N2)cc1. The van der Waals surface area contributed by atoms with Gasteiger partial charge < -0.3 is 14.9 Å². The van der Waals surface area contributed by atoms with E-state index in [1.165, 1.54) is 5.56 Å². The predicted octanol–water partition coefficient (Wildman–Crippen LogP) is 4.94. The van der Waals surface area contributed by atoms with Crippen molar-refractivity contribution in [3.8, 4) is 17.0 Å². The molecule has 162 valence electrons. The van der Waals surface area contributed by atoms with Crippen LogP contribution in [0, 0.1) is 0 Å². The van der Waals surface area contributed by atoms with Gasteiger partial charge in [-0.05, 0) is 42.0 Å². The molecule has 33 heavy (non-hydrogen) atoms. The lowest BCUT2D eigenvalue weighted by Gasteiger charge is -2.20. The molecule has 2 heterocycles. The third-order valence-corrected chi connectivity index (χ3v) is 5.65. The van der Waals surface area contributed by atoms with Crippen molar-refractivity contribution in [2.75, 3.05) is 23.7 Å². The molecule has 4 aromatic rings. The molecule has 0 saturated heterocycles. The zero-order chi connectivity index (χ0) is 22.6. The lowest BCUT2D eigenvalue weighted by atomic mass is 9.61. The molecule has 1 aromatic heterocycles. The summed E-state index contributed by atoms with van der Waals surface area (Å²) < 4.78 is 5.96. The van der Waals surface area contributed by atoms with E-state index in [4.69, 9.17) is 4.74 Å². The molecule has 5 rings (SSSR count). The molecule has 1 aliphatic heterocycles. The number of ether oxygens (including phenoxy) is 1. The first-order chi connectivity index (χ1) is 16.2. The molecule has 1 aliphatic rings. The largest absolute Gasteiger partial charge is 0.499 e. The van der Waals surface area contributed by atoms with Crippen LogP contribution in [0.5, 0.6) is 5.75 Å². The first kappa shape index (κ1) is 20.6. The summed E-state index contributed by atoms with van der Waals surface area (Å²) >= 11 is 0. The molecule has 1 amide bonds. The van der Waals surface area contributed by atoms with Gasteiger partial charge in [-0.15, -0.1) is 0 Å². The number of para-hydroxylation sites is 1. The highest BCUT2D eigenvalue weighted by molar-refractivity contribution is 6.69. The number of carbonyl (C=O) groups is 1. The Morgan fingerprint density at radius 3 is 2.58 bits per heavy atom. The van der Waals surface area contributed by atoms with Crippen molar-refractivity contribution in [3.05, 3.63) is 102 Å². The van der Waals surface area contributed by atoms with Crippen LogP contribution in [-0.2, 0) is 0 Å². The topological polar surface area (TPSA) is 70.2 Å². The number of anilines is 2. The van der Waals surface area contributed by atoms with Gasteiger partial charge >= 0.3 is 6.85 Å². The number of hydrogen-bond acceptors (Lipinski definition) is 4. The van der Waals surface area contributed by atoms with Crippen LogP contribution >= 0.6 is 0 Å². The average Bonchev–Trinajstić information content (AvgIpc) is 3.38. The summed E-state index contributed by atoms with van der Waals surface area (Å²) in [4.78, 5) is 14.5. The Labute approximate surface area is 193 Å². The van der Waals surface area contributed by atoms with Crippen molar-refractivity contribution < 1.29 is 9.53 Å². The van der Waals surface area contributed by atoms with Crippen LogP contribution in [0.2, 0.25) is 0 Å². The Kier molecular flexibility index (Phi) is 5.68. The van der Waals surface area contributed by atoms with Crippen LogP contribution in [0.4, 0.5) is 11.4 Å². The normalized spacial score (nSPS) is 12.1. The van der Waals surface area contributed by atoms with Gasteiger partial charge in [-0.1, -0.05) is 60.6 Å². The van der Waals surface area contributed by atoms with Gasteiger partial charge in [0.1, 0.15) is 11.4 Å². The van der Waals surface area contributed by atoms with E-state index in [1.54, 1.807) is 18.0 Å². The number of amides is 1. The van der Waals surface area contributed by atoms with E-state index >= 15 is 0 Å². The third-order valence-electron chi connectivity index (χ3n) is 5.65. The summed E-state index contributed by atoms with van der Waals surface area (Å²) in [7, 11) is 1.75. The van der Waals surface area contributed by atoms with Crippen LogP contribution in [0.15, 0.2) is 90.9 Å². The van der Waals surface area contributed by atoms with Gasteiger partial charge in [-0.3, -0.25) is 9.89 Å². The quantitative estimate of drug-likeness (QED) is 0.422. The number of nitrogens with zero attached hydrogens (tertiary/aromatic N) is 2. The number of H-pyrrole nitrogens is 1. The molecule has 0 unspecified atom stereocenters. The molecule has 6 nitrogen and oxygen atoms in total. The van der Waals surface area contributed by atoms with E-state index in [0.29, 0.717) is 12.2 Å². The maximum atomic E-state index is 12.9. The highest BCUT2D eigenvalue weighted by Gasteiger charge is 2.19. The van der Waals surface area contributed by atoms with Gasteiger partial charge in [-0.25, -0.2) is 0 Å². The Morgan fingerprint density at radius 2 is 1.76 bits per heavy atom. The Morgan fingerprint density at radius 1 is 1.00 bits per heavy atom. The van der Waals surface area contributed by atoms with Crippen molar-refractivity contribution in [2.45, 2.75) is 0 Å². The monoisotopic (exact) mass is 434 g/mol. The van der Waals surface area contributed by atoms with Crippen molar-refractivity contribution in [1.29, 1.82) is 0 Å². The number of aromatic amines is 1. The first-order valence-corrected chi connectivity index (χ1v) is 10.8. The number of rotatable bonds is 6. The molecule has 2 N–H and O–H groups in total. The van der Waals surface area contributed by atoms with Gasteiger partial charge in [-0.2, -0.15) is 5.10 Å². The highest BCUT2D eigenvalue weighted by atomic mass is 16.5. The molecule has 0 saturated carbocycles. The van der Waals surface area contributed by atoms with Crippen molar-refractivity contribution in [3.63, 3.8) is 0 Å². The van der Waals surface area contributed by atoms with Gasteiger partial charge in [0.15, 0.2) is 0 Å². The minimum absolute atomic E-state index is 0.100. The minimum atomic E-state index is -0.159. The standard InChI is InChI=1S/C26H23BN4O2/c1-31(26(32)25-17-24(29-30-25)19-7-3-2-4-8-19)21-11-13-22(14-12-21)33-18-27-16-15-20-9-5-6-10-23(20)28-27/h2-17,28H,18H2,1H3,(H,29,30). The predicted molar refractivity (Wildman–Crippen MR) is 134 cm³/mol. The number of hydrogen-bond donors (Lipinski definition) is 2. The van der Waals surface area contributed by atoms with Gasteiger partial charge in [0.05, 0.1) is 12.2 Å². The molecular weight excluding hydrogens is 411 g/mol. The van der Waals surface area contributed by atoms with E-state index in [2.05, 4.69) is 39.6 Å². The number of fused-ring (bicyclic) bond motifs is 1. The lowest BCUT2D eigenvalue weighted by molar-refractivity contribution is 0.0988. The second-order valence-corrected chi connectivity index (χ2v) is 7.90. The zero-order valence-electron chi connectivity index (χ0n) is 18.2. The Bertz CT molecular complexity index is 1290. The fraction of sp³-hybridized carbons (Fsp3) is 0.0769.